The molecule has 5 nitrogen and oxygen atoms in total. The first-order valence-electron chi connectivity index (χ1n) is 9.94. The Morgan fingerprint density at radius 2 is 1.67 bits per heavy atom. The summed E-state index contributed by atoms with van der Waals surface area (Å²) < 4.78 is 0. The molecule has 2 heterocycles. The Labute approximate surface area is 175 Å². The van der Waals surface area contributed by atoms with E-state index >= 15 is 0 Å². The van der Waals surface area contributed by atoms with E-state index in [1.54, 1.807) is 0 Å². The van der Waals surface area contributed by atoms with E-state index in [1.165, 1.54) is 11.9 Å². The first kappa shape index (κ1) is 18.3. The Bertz CT molecular complexity index is 1170. The minimum absolute atomic E-state index is 0.157. The lowest BCUT2D eigenvalue weighted by atomic mass is 9.79. The molecule has 3 N–H and O–H groups in total. The maximum Gasteiger partial charge on any atom is 0.174 e. The molecule has 1 aliphatic heterocycles. The standard InChI is InChI=1S/C25H22N4O/c1-17-14-21(18-8-4-2-5-9-18)22-15-20(12-13-23(22)28-17)25(30,24-26-16-27-29-24)19-10-6-3-7-11-19/h2-13,15-16,21,28,30H,1,14H2,(H,26,27,29). The van der Waals surface area contributed by atoms with E-state index in [-0.39, 0.29) is 5.92 Å². The van der Waals surface area contributed by atoms with Crippen LogP contribution in [0.25, 0.3) is 0 Å². The lowest BCUT2D eigenvalue weighted by Gasteiger charge is -2.32. The molecular weight excluding hydrogens is 372 g/mol. The van der Waals surface area contributed by atoms with Crippen LogP contribution in [0.5, 0.6) is 0 Å². The molecule has 2 unspecified atom stereocenters. The molecule has 0 radical (unpaired) electrons. The number of aromatic nitrogens is 3. The largest absolute Gasteiger partial charge is 0.373 e. The van der Waals surface area contributed by atoms with Gasteiger partial charge in [0.25, 0.3) is 0 Å². The van der Waals surface area contributed by atoms with E-state index in [4.69, 9.17) is 0 Å². The van der Waals surface area contributed by atoms with E-state index in [0.717, 1.165) is 34.5 Å². The van der Waals surface area contributed by atoms with Crippen molar-refractivity contribution in [1.82, 2.24) is 15.2 Å². The summed E-state index contributed by atoms with van der Waals surface area (Å²) in [5, 5.41) is 22.2. The van der Waals surface area contributed by atoms with Gasteiger partial charge < -0.3 is 10.4 Å². The monoisotopic (exact) mass is 394 g/mol. The average molecular weight is 394 g/mol. The first-order valence-corrected chi connectivity index (χ1v) is 9.94. The zero-order valence-electron chi connectivity index (χ0n) is 16.4. The molecule has 0 spiro atoms. The van der Waals surface area contributed by atoms with Crippen molar-refractivity contribution < 1.29 is 5.11 Å². The van der Waals surface area contributed by atoms with Crippen molar-refractivity contribution in [1.29, 1.82) is 0 Å². The second kappa shape index (κ2) is 7.28. The third kappa shape index (κ3) is 3.00. The second-order valence-corrected chi connectivity index (χ2v) is 7.61. The van der Waals surface area contributed by atoms with Crippen LogP contribution in [0.3, 0.4) is 0 Å². The average Bonchev–Trinajstić information content (AvgIpc) is 3.34. The van der Waals surface area contributed by atoms with Gasteiger partial charge in [-0.25, -0.2) is 4.98 Å². The van der Waals surface area contributed by atoms with E-state index in [1.807, 2.05) is 48.5 Å². The molecule has 30 heavy (non-hydrogen) atoms. The lowest BCUT2D eigenvalue weighted by Crippen LogP contribution is -2.31. The SMILES string of the molecule is C=C1CC(c2ccccc2)c2cc(C(O)(c3ccccc3)c3ncn[nH]3)ccc2N1. The molecule has 3 aromatic carbocycles. The molecule has 0 saturated carbocycles. The number of aliphatic hydroxyl groups is 1. The summed E-state index contributed by atoms with van der Waals surface area (Å²) in [6, 6.07) is 26.0. The van der Waals surface area contributed by atoms with Crippen LogP contribution in [0.4, 0.5) is 5.69 Å². The van der Waals surface area contributed by atoms with E-state index in [0.29, 0.717) is 5.82 Å². The van der Waals surface area contributed by atoms with Gasteiger partial charge in [0.05, 0.1) is 0 Å². The van der Waals surface area contributed by atoms with Crippen LogP contribution < -0.4 is 5.32 Å². The van der Waals surface area contributed by atoms with Crippen LogP contribution in [0.15, 0.2) is 97.5 Å². The van der Waals surface area contributed by atoms with E-state index < -0.39 is 5.60 Å². The molecule has 0 amide bonds. The van der Waals surface area contributed by atoms with Crippen LogP contribution >= 0.6 is 0 Å². The molecule has 2 atom stereocenters. The third-order valence-electron chi connectivity index (χ3n) is 5.76. The van der Waals surface area contributed by atoms with Gasteiger partial charge in [-0.05, 0) is 40.8 Å². The highest BCUT2D eigenvalue weighted by Gasteiger charge is 2.38. The smallest absolute Gasteiger partial charge is 0.174 e. The van der Waals surface area contributed by atoms with Crippen molar-refractivity contribution in [2.45, 2.75) is 17.9 Å². The number of fused-ring (bicyclic) bond motifs is 1. The van der Waals surface area contributed by atoms with Gasteiger partial charge in [0, 0.05) is 17.3 Å². The fourth-order valence-electron chi connectivity index (χ4n) is 4.27. The number of nitrogens with one attached hydrogen (secondary N) is 2. The van der Waals surface area contributed by atoms with E-state index in [9.17, 15) is 5.11 Å². The van der Waals surface area contributed by atoms with Crippen molar-refractivity contribution in [3.8, 4) is 0 Å². The summed E-state index contributed by atoms with van der Waals surface area (Å²) in [6.07, 6.45) is 2.21. The molecule has 1 aromatic heterocycles. The molecule has 0 saturated heterocycles. The Morgan fingerprint density at radius 1 is 0.933 bits per heavy atom. The maximum absolute atomic E-state index is 12.0. The van der Waals surface area contributed by atoms with Crippen molar-refractivity contribution in [3.63, 3.8) is 0 Å². The fourth-order valence-corrected chi connectivity index (χ4v) is 4.27. The number of aromatic amines is 1. The summed E-state index contributed by atoms with van der Waals surface area (Å²) in [4.78, 5) is 4.30. The van der Waals surface area contributed by atoms with Gasteiger partial charge in [-0.1, -0.05) is 73.3 Å². The van der Waals surface area contributed by atoms with Gasteiger partial charge in [-0.15, -0.1) is 0 Å². The minimum atomic E-state index is -1.44. The summed E-state index contributed by atoms with van der Waals surface area (Å²) >= 11 is 0. The molecule has 0 fully saturated rings. The molecule has 148 valence electrons. The van der Waals surface area contributed by atoms with Crippen LogP contribution in [-0.2, 0) is 5.60 Å². The number of benzene rings is 3. The van der Waals surface area contributed by atoms with E-state index in [2.05, 4.69) is 57.4 Å². The summed E-state index contributed by atoms with van der Waals surface area (Å²) in [7, 11) is 0. The maximum atomic E-state index is 12.0. The highest BCUT2D eigenvalue weighted by molar-refractivity contribution is 5.64. The molecule has 5 heteroatoms. The highest BCUT2D eigenvalue weighted by atomic mass is 16.3. The molecule has 0 aliphatic carbocycles. The molecule has 5 rings (SSSR count). The fraction of sp³-hybridized carbons (Fsp3) is 0.120. The topological polar surface area (TPSA) is 73.8 Å². The van der Waals surface area contributed by atoms with Gasteiger partial charge in [-0.2, -0.15) is 5.10 Å². The highest BCUT2D eigenvalue weighted by Crippen LogP contribution is 2.43. The molecule has 0 bridgehead atoms. The van der Waals surface area contributed by atoms with Crippen LogP contribution in [0.2, 0.25) is 0 Å². The summed E-state index contributed by atoms with van der Waals surface area (Å²) in [6.45, 7) is 4.16. The minimum Gasteiger partial charge on any atom is -0.373 e. The number of hydrogen-bond donors (Lipinski definition) is 3. The predicted octanol–water partition coefficient (Wildman–Crippen LogP) is 4.55. The second-order valence-electron chi connectivity index (χ2n) is 7.61. The lowest BCUT2D eigenvalue weighted by molar-refractivity contribution is 0.116. The first-order chi connectivity index (χ1) is 14.7. The quantitative estimate of drug-likeness (QED) is 0.475. The van der Waals surface area contributed by atoms with Gasteiger partial charge in [-0.3, -0.25) is 5.10 Å². The van der Waals surface area contributed by atoms with Crippen molar-refractivity contribution >= 4 is 5.69 Å². The van der Waals surface area contributed by atoms with Gasteiger partial charge in [0.1, 0.15) is 6.33 Å². The number of allylic oxidation sites excluding steroid dienone is 1. The van der Waals surface area contributed by atoms with Gasteiger partial charge in [0.15, 0.2) is 11.4 Å². The zero-order valence-corrected chi connectivity index (χ0v) is 16.4. The summed E-state index contributed by atoms with van der Waals surface area (Å²) in [5.41, 5.74) is 4.36. The number of anilines is 1. The summed E-state index contributed by atoms with van der Waals surface area (Å²) in [5.74, 6) is 0.544. The van der Waals surface area contributed by atoms with Crippen molar-refractivity contribution in [2.75, 3.05) is 5.32 Å². The normalized spacial score (nSPS) is 17.6. The van der Waals surface area contributed by atoms with Crippen molar-refractivity contribution in [3.05, 3.63) is 126 Å². The van der Waals surface area contributed by atoms with Crippen LogP contribution in [0, 0.1) is 0 Å². The Balaban J connectivity index is 1.69. The molecule has 1 aliphatic rings. The number of nitrogens with zero attached hydrogens (tertiary/aromatic N) is 2. The number of hydrogen-bond acceptors (Lipinski definition) is 4. The van der Waals surface area contributed by atoms with Gasteiger partial charge in [0.2, 0.25) is 0 Å². The van der Waals surface area contributed by atoms with Crippen molar-refractivity contribution in [2.24, 2.45) is 0 Å². The Hall–Kier alpha value is -3.70. The molecular formula is C25H22N4O. The Morgan fingerprint density at radius 3 is 2.37 bits per heavy atom. The number of rotatable bonds is 4. The van der Waals surface area contributed by atoms with Gasteiger partial charge >= 0.3 is 0 Å². The van der Waals surface area contributed by atoms with Crippen LogP contribution in [0.1, 0.15) is 40.4 Å². The number of H-pyrrole nitrogens is 1. The third-order valence-corrected chi connectivity index (χ3v) is 5.76. The van der Waals surface area contributed by atoms with Crippen LogP contribution in [-0.4, -0.2) is 20.3 Å². The molecule has 4 aromatic rings. The predicted molar refractivity (Wildman–Crippen MR) is 117 cm³/mol. The zero-order chi connectivity index (χ0) is 20.6. The Kier molecular flexibility index (Phi) is 4.45.